The highest BCUT2D eigenvalue weighted by Crippen LogP contribution is 2.47. The summed E-state index contributed by atoms with van der Waals surface area (Å²) in [5.41, 5.74) is 3.58. The van der Waals surface area contributed by atoms with E-state index in [2.05, 4.69) is 26.9 Å². The van der Waals surface area contributed by atoms with Crippen molar-refractivity contribution in [3.05, 3.63) is 47.7 Å². The fraction of sp³-hybridized carbons (Fsp3) is 0.375. The molecule has 34 heavy (non-hydrogen) atoms. The number of hydrogen-bond acceptors (Lipinski definition) is 8. The number of nitrogens with zero attached hydrogens (tertiary/aromatic N) is 3. The van der Waals surface area contributed by atoms with Gasteiger partial charge in [-0.1, -0.05) is 6.07 Å². The van der Waals surface area contributed by atoms with Crippen LogP contribution in [0.15, 0.2) is 46.4 Å². The number of ether oxygens (including phenoxy) is 2. The van der Waals surface area contributed by atoms with Gasteiger partial charge in [0.25, 0.3) is 5.91 Å². The molecule has 178 valence electrons. The van der Waals surface area contributed by atoms with E-state index in [-0.39, 0.29) is 23.3 Å². The van der Waals surface area contributed by atoms with Crippen LogP contribution >= 0.6 is 11.8 Å². The molecule has 2 aliphatic heterocycles. The second kappa shape index (κ2) is 9.28. The SMILES string of the molecule is COc1cc2[nH]ncc2cc1NC1=NCNC2Sc3cc(C(=O)N(C)C[C@H](C)OC)ccc3C12. The zero-order chi connectivity index (χ0) is 23.8. The largest absolute Gasteiger partial charge is 0.494 e. The topological polar surface area (TPSA) is 104 Å². The standard InChI is InChI=1S/C24H28N6O3S/c1-13(32-3)11-30(2)24(31)14-5-6-16-20(8-14)34-23-21(16)22(25-12-26-23)28-18-7-15-10-27-29-17(15)9-19(18)33-4/h5-10,13,21,23,26H,11-12H2,1-4H3,(H,25,28)(H,27,29)/t13-,21?,23?/m0/s1. The van der Waals surface area contributed by atoms with Gasteiger partial charge in [-0.25, -0.2) is 0 Å². The maximum atomic E-state index is 13.0. The van der Waals surface area contributed by atoms with Crippen molar-refractivity contribution in [1.82, 2.24) is 20.4 Å². The van der Waals surface area contributed by atoms with E-state index in [4.69, 9.17) is 14.5 Å². The minimum atomic E-state index is -0.0204. The summed E-state index contributed by atoms with van der Waals surface area (Å²) in [5, 5.41) is 15.2. The van der Waals surface area contributed by atoms with Gasteiger partial charge in [0.1, 0.15) is 11.6 Å². The molecule has 2 unspecified atom stereocenters. The highest BCUT2D eigenvalue weighted by atomic mass is 32.2. The first-order chi connectivity index (χ1) is 16.5. The number of aliphatic imine (C=N–C) groups is 1. The third-order valence-electron chi connectivity index (χ3n) is 6.29. The van der Waals surface area contributed by atoms with E-state index >= 15 is 0 Å². The number of carbonyl (C=O) groups excluding carboxylic acids is 1. The number of likely N-dealkylation sites (N-methyl/N-ethyl adjacent to an activating group) is 1. The molecule has 0 saturated carbocycles. The Kier molecular flexibility index (Phi) is 6.20. The van der Waals surface area contributed by atoms with E-state index in [1.165, 1.54) is 0 Å². The molecule has 0 radical (unpaired) electrons. The number of aromatic nitrogens is 2. The quantitative estimate of drug-likeness (QED) is 0.497. The van der Waals surface area contributed by atoms with Crippen LogP contribution in [0.25, 0.3) is 10.9 Å². The summed E-state index contributed by atoms with van der Waals surface area (Å²) in [6, 6.07) is 9.89. The third kappa shape index (κ3) is 4.13. The van der Waals surface area contributed by atoms with Crippen molar-refractivity contribution >= 4 is 40.1 Å². The highest BCUT2D eigenvalue weighted by molar-refractivity contribution is 8.00. The molecule has 2 aromatic carbocycles. The fourth-order valence-electron chi connectivity index (χ4n) is 4.42. The summed E-state index contributed by atoms with van der Waals surface area (Å²) in [4.78, 5) is 20.5. The van der Waals surface area contributed by atoms with E-state index in [0.29, 0.717) is 18.8 Å². The average Bonchev–Trinajstić information content (AvgIpc) is 3.46. The normalized spacial score (nSPS) is 19.8. The maximum absolute atomic E-state index is 13.0. The predicted octanol–water partition coefficient (Wildman–Crippen LogP) is 3.27. The van der Waals surface area contributed by atoms with Crippen LogP contribution in [0.4, 0.5) is 5.69 Å². The number of anilines is 1. The lowest BCUT2D eigenvalue weighted by Crippen LogP contribution is -2.41. The number of amides is 1. The molecule has 3 atom stereocenters. The summed E-state index contributed by atoms with van der Waals surface area (Å²) in [6.07, 6.45) is 1.77. The van der Waals surface area contributed by atoms with E-state index < -0.39 is 0 Å². The van der Waals surface area contributed by atoms with Gasteiger partial charge in [-0.15, -0.1) is 11.8 Å². The molecular formula is C24H28N6O3S. The Bertz CT molecular complexity index is 1260. The highest BCUT2D eigenvalue weighted by Gasteiger charge is 2.39. The molecule has 0 saturated heterocycles. The molecule has 3 heterocycles. The van der Waals surface area contributed by atoms with E-state index in [1.807, 2.05) is 31.2 Å². The number of nitrogens with one attached hydrogen (secondary N) is 3. The van der Waals surface area contributed by atoms with Gasteiger partial charge >= 0.3 is 0 Å². The number of carbonyl (C=O) groups is 1. The van der Waals surface area contributed by atoms with Gasteiger partial charge in [0.05, 0.1) is 48.6 Å². The monoisotopic (exact) mass is 480 g/mol. The number of hydrogen-bond donors (Lipinski definition) is 3. The number of H-pyrrole nitrogens is 1. The van der Waals surface area contributed by atoms with Crippen molar-refractivity contribution in [2.75, 3.05) is 39.8 Å². The Morgan fingerprint density at radius 2 is 2.18 bits per heavy atom. The Morgan fingerprint density at radius 3 is 2.97 bits per heavy atom. The van der Waals surface area contributed by atoms with Crippen LogP contribution in [0.1, 0.15) is 28.8 Å². The van der Waals surface area contributed by atoms with Crippen molar-refractivity contribution < 1.29 is 14.3 Å². The summed E-state index contributed by atoms with van der Waals surface area (Å²) >= 11 is 1.74. The van der Waals surface area contributed by atoms with Gasteiger partial charge in [0, 0.05) is 42.6 Å². The van der Waals surface area contributed by atoms with Gasteiger partial charge in [-0.3, -0.25) is 20.2 Å². The molecule has 9 nitrogen and oxygen atoms in total. The summed E-state index contributed by atoms with van der Waals surface area (Å²) in [6.45, 7) is 3.01. The molecule has 1 amide bonds. The van der Waals surface area contributed by atoms with Crippen molar-refractivity contribution in [3.8, 4) is 5.75 Å². The Balaban J connectivity index is 1.41. The Hall–Kier alpha value is -3.08. The molecule has 0 aliphatic carbocycles. The van der Waals surface area contributed by atoms with Gasteiger partial charge in [-0.05, 0) is 30.7 Å². The zero-order valence-electron chi connectivity index (χ0n) is 19.6. The zero-order valence-corrected chi connectivity index (χ0v) is 20.4. The first kappa shape index (κ1) is 22.7. The summed E-state index contributed by atoms with van der Waals surface area (Å²) < 4.78 is 10.9. The number of fused-ring (bicyclic) bond motifs is 4. The molecule has 2 aliphatic rings. The Morgan fingerprint density at radius 1 is 1.32 bits per heavy atom. The van der Waals surface area contributed by atoms with Crippen molar-refractivity contribution in [1.29, 1.82) is 0 Å². The summed E-state index contributed by atoms with van der Waals surface area (Å²) in [7, 11) is 5.11. The van der Waals surface area contributed by atoms with Gasteiger partial charge in [0.2, 0.25) is 0 Å². The lowest BCUT2D eigenvalue weighted by atomic mass is 9.95. The fourth-order valence-corrected chi connectivity index (χ4v) is 5.79. The smallest absolute Gasteiger partial charge is 0.253 e. The van der Waals surface area contributed by atoms with Crippen LogP contribution in [-0.4, -0.2) is 72.8 Å². The number of amidine groups is 1. The van der Waals surface area contributed by atoms with Crippen LogP contribution in [0, 0.1) is 0 Å². The van der Waals surface area contributed by atoms with Crippen LogP contribution in [0.2, 0.25) is 0 Å². The number of thioether (sulfide) groups is 1. The van der Waals surface area contributed by atoms with Gasteiger partial charge in [-0.2, -0.15) is 5.10 Å². The molecule has 1 aromatic heterocycles. The van der Waals surface area contributed by atoms with Crippen LogP contribution in [0.3, 0.4) is 0 Å². The molecule has 3 aromatic rings. The first-order valence-corrected chi connectivity index (χ1v) is 12.0. The Labute approximate surface area is 202 Å². The minimum Gasteiger partial charge on any atom is -0.494 e. The molecule has 0 spiro atoms. The second-order valence-electron chi connectivity index (χ2n) is 8.54. The second-order valence-corrected chi connectivity index (χ2v) is 9.72. The molecule has 3 N–H and O–H groups in total. The number of aromatic amines is 1. The first-order valence-electron chi connectivity index (χ1n) is 11.1. The third-order valence-corrected chi connectivity index (χ3v) is 7.59. The van der Waals surface area contributed by atoms with Gasteiger partial charge < -0.3 is 19.7 Å². The lowest BCUT2D eigenvalue weighted by molar-refractivity contribution is 0.0599. The van der Waals surface area contributed by atoms with E-state index in [9.17, 15) is 4.79 Å². The molecular weight excluding hydrogens is 452 g/mol. The van der Waals surface area contributed by atoms with Crippen LogP contribution in [-0.2, 0) is 4.74 Å². The number of methoxy groups -OCH3 is 2. The predicted molar refractivity (Wildman–Crippen MR) is 134 cm³/mol. The van der Waals surface area contributed by atoms with Crippen LogP contribution in [0.5, 0.6) is 5.75 Å². The molecule has 0 fully saturated rings. The average molecular weight is 481 g/mol. The van der Waals surface area contributed by atoms with Crippen molar-refractivity contribution in [3.63, 3.8) is 0 Å². The molecule has 10 heteroatoms. The maximum Gasteiger partial charge on any atom is 0.253 e. The molecule has 5 rings (SSSR count). The number of benzene rings is 2. The van der Waals surface area contributed by atoms with Crippen molar-refractivity contribution in [2.24, 2.45) is 4.99 Å². The summed E-state index contributed by atoms with van der Waals surface area (Å²) in [5.74, 6) is 1.62. The molecule has 0 bridgehead atoms. The van der Waals surface area contributed by atoms with Crippen LogP contribution < -0.4 is 15.4 Å². The van der Waals surface area contributed by atoms with Crippen molar-refractivity contribution in [2.45, 2.75) is 29.2 Å². The lowest BCUT2D eigenvalue weighted by Gasteiger charge is -2.28. The minimum absolute atomic E-state index is 0.0136. The van der Waals surface area contributed by atoms with E-state index in [1.54, 1.807) is 44.1 Å². The van der Waals surface area contributed by atoms with Gasteiger partial charge in [0.15, 0.2) is 0 Å². The van der Waals surface area contributed by atoms with E-state index in [0.717, 1.165) is 38.6 Å². The number of rotatable bonds is 6.